The highest BCUT2D eigenvalue weighted by molar-refractivity contribution is 6.55. The number of aromatic nitrogens is 1. The molecule has 1 saturated heterocycles. The number of carboxylic acid groups (broad SMARTS) is 1. The third kappa shape index (κ3) is 3.06. The molecule has 0 aromatic carbocycles. The minimum absolute atomic E-state index is 0.109. The normalized spacial score (nSPS) is 20.2. The smallest absolute Gasteiger partial charge is 0.478 e. The van der Waals surface area contributed by atoms with Gasteiger partial charge in [-0.2, -0.15) is 0 Å². The summed E-state index contributed by atoms with van der Waals surface area (Å²) < 4.78 is 11.7. The van der Waals surface area contributed by atoms with Crippen molar-refractivity contribution in [3.05, 3.63) is 35.1 Å². The number of hydrogen-bond donors (Lipinski definition) is 2. The van der Waals surface area contributed by atoms with Gasteiger partial charge in [0.1, 0.15) is 0 Å². The van der Waals surface area contributed by atoms with Gasteiger partial charge in [-0.1, -0.05) is 6.08 Å². The molecule has 0 unspecified atom stereocenters. The zero-order chi connectivity index (χ0) is 16.5. The van der Waals surface area contributed by atoms with Crippen molar-refractivity contribution < 1.29 is 24.3 Å². The maximum Gasteiger partial charge on any atom is 0.492 e. The Morgan fingerprint density at radius 3 is 2.41 bits per heavy atom. The van der Waals surface area contributed by atoms with Gasteiger partial charge in [-0.3, -0.25) is 4.98 Å². The zero-order valence-corrected chi connectivity index (χ0v) is 13.2. The number of carboxylic acids is 1. The predicted molar refractivity (Wildman–Crippen MR) is 82.3 cm³/mol. The van der Waals surface area contributed by atoms with E-state index in [-0.39, 0.29) is 12.2 Å². The number of rotatable bonds is 4. The predicted octanol–water partition coefficient (Wildman–Crippen LogP) is 1.79. The Kier molecular flexibility index (Phi) is 4.42. The van der Waals surface area contributed by atoms with Gasteiger partial charge >= 0.3 is 13.1 Å². The lowest BCUT2D eigenvalue weighted by atomic mass is 9.77. The molecule has 0 saturated carbocycles. The van der Waals surface area contributed by atoms with Crippen molar-refractivity contribution in [1.29, 1.82) is 0 Å². The van der Waals surface area contributed by atoms with Gasteiger partial charge in [0.15, 0.2) is 0 Å². The number of aliphatic hydroxyl groups excluding tert-OH is 1. The Labute approximate surface area is 129 Å². The Morgan fingerprint density at radius 2 is 1.91 bits per heavy atom. The Morgan fingerprint density at radius 1 is 1.32 bits per heavy atom. The number of carbonyl (C=O) groups is 1. The highest BCUT2D eigenvalue weighted by atomic mass is 16.7. The number of pyridine rings is 1. The van der Waals surface area contributed by atoms with Crippen molar-refractivity contribution in [2.75, 3.05) is 6.61 Å². The van der Waals surface area contributed by atoms with Crippen LogP contribution in [0.25, 0.3) is 6.08 Å². The van der Waals surface area contributed by atoms with Gasteiger partial charge in [0.2, 0.25) is 0 Å². The summed E-state index contributed by atoms with van der Waals surface area (Å²) in [5.41, 5.74) is -0.104. The first-order valence-electron chi connectivity index (χ1n) is 7.02. The van der Waals surface area contributed by atoms with Crippen LogP contribution in [-0.2, 0) is 9.31 Å². The highest BCUT2D eigenvalue weighted by Crippen LogP contribution is 2.38. The molecule has 2 heterocycles. The molecule has 0 atom stereocenters. The summed E-state index contributed by atoms with van der Waals surface area (Å²) in [5.74, 6) is -1.06. The number of aromatic carboxylic acids is 1. The van der Waals surface area contributed by atoms with Crippen molar-refractivity contribution in [3.8, 4) is 0 Å². The molecular formula is C15H20BNO5. The average molecular weight is 305 g/mol. The fourth-order valence-electron chi connectivity index (χ4n) is 2.10. The summed E-state index contributed by atoms with van der Waals surface area (Å²) in [6.45, 7) is 7.35. The van der Waals surface area contributed by atoms with Crippen molar-refractivity contribution in [2.45, 2.75) is 38.9 Å². The molecule has 2 N–H and O–H groups in total. The zero-order valence-electron chi connectivity index (χ0n) is 13.2. The van der Waals surface area contributed by atoms with E-state index in [0.717, 1.165) is 0 Å². The van der Waals surface area contributed by atoms with E-state index >= 15 is 0 Å². The summed E-state index contributed by atoms with van der Waals surface area (Å²) in [5, 5.41) is 18.8. The summed E-state index contributed by atoms with van der Waals surface area (Å²) in [6.07, 6.45) is 4.40. The van der Waals surface area contributed by atoms with Gasteiger partial charge in [0, 0.05) is 18.0 Å². The van der Waals surface area contributed by atoms with Gasteiger partial charge in [-0.15, -0.1) is 0 Å². The molecule has 1 aliphatic heterocycles. The largest absolute Gasteiger partial charge is 0.492 e. The second-order valence-corrected chi connectivity index (χ2v) is 6.23. The SMILES string of the molecule is CC1(C)OB(C(=Cc2cnccc2C(=O)O)CO)OC1(C)C. The number of nitrogens with zero attached hydrogens (tertiary/aromatic N) is 1. The number of hydrogen-bond acceptors (Lipinski definition) is 5. The second kappa shape index (κ2) is 5.83. The maximum atomic E-state index is 11.2. The summed E-state index contributed by atoms with van der Waals surface area (Å²) >= 11 is 0. The van der Waals surface area contributed by atoms with Crippen LogP contribution < -0.4 is 0 Å². The van der Waals surface area contributed by atoms with Crippen LogP contribution in [0.15, 0.2) is 23.9 Å². The van der Waals surface area contributed by atoms with Gasteiger partial charge < -0.3 is 19.5 Å². The van der Waals surface area contributed by atoms with E-state index in [1.54, 1.807) is 6.08 Å². The Balaban J connectivity index is 2.36. The monoisotopic (exact) mass is 305 g/mol. The molecule has 0 radical (unpaired) electrons. The van der Waals surface area contributed by atoms with E-state index in [1.165, 1.54) is 18.5 Å². The van der Waals surface area contributed by atoms with Gasteiger partial charge in [0.25, 0.3) is 0 Å². The van der Waals surface area contributed by atoms with E-state index < -0.39 is 24.3 Å². The second-order valence-electron chi connectivity index (χ2n) is 6.23. The first-order chi connectivity index (χ1) is 10.2. The van der Waals surface area contributed by atoms with Crippen molar-refractivity contribution in [1.82, 2.24) is 4.98 Å². The lowest BCUT2D eigenvalue weighted by Crippen LogP contribution is -2.41. The highest BCUT2D eigenvalue weighted by Gasteiger charge is 2.52. The van der Waals surface area contributed by atoms with Crippen LogP contribution in [0.4, 0.5) is 0 Å². The van der Waals surface area contributed by atoms with Crippen molar-refractivity contribution in [2.24, 2.45) is 0 Å². The molecule has 0 spiro atoms. The average Bonchev–Trinajstić information content (AvgIpc) is 2.64. The molecule has 1 aromatic rings. The van der Waals surface area contributed by atoms with E-state index in [9.17, 15) is 15.0 Å². The van der Waals surface area contributed by atoms with Crippen LogP contribution in [0.5, 0.6) is 0 Å². The lowest BCUT2D eigenvalue weighted by Gasteiger charge is -2.32. The molecule has 1 aliphatic rings. The third-order valence-electron chi connectivity index (χ3n) is 4.16. The molecule has 1 aromatic heterocycles. The summed E-state index contributed by atoms with van der Waals surface area (Å²) in [7, 11) is -0.725. The molecule has 2 rings (SSSR count). The Hall–Kier alpha value is -1.70. The summed E-state index contributed by atoms with van der Waals surface area (Å²) in [6, 6.07) is 1.41. The standard InChI is InChI=1S/C15H20BNO5/c1-14(2)15(3,4)22-16(21-14)11(9-18)7-10-8-17-6-5-12(10)13(19)20/h5-8,18H,9H2,1-4H3,(H,19,20). The first-order valence-corrected chi connectivity index (χ1v) is 7.02. The molecule has 0 bridgehead atoms. The van der Waals surface area contributed by atoms with Crippen molar-refractivity contribution in [3.63, 3.8) is 0 Å². The topological polar surface area (TPSA) is 88.9 Å². The fourth-order valence-corrected chi connectivity index (χ4v) is 2.10. The first kappa shape index (κ1) is 16.7. The molecular weight excluding hydrogens is 285 g/mol. The quantitative estimate of drug-likeness (QED) is 0.824. The van der Waals surface area contributed by atoms with E-state index in [4.69, 9.17) is 9.31 Å². The molecule has 0 amide bonds. The van der Waals surface area contributed by atoms with Crippen LogP contribution in [-0.4, -0.2) is 46.1 Å². The molecule has 22 heavy (non-hydrogen) atoms. The molecule has 6 nitrogen and oxygen atoms in total. The van der Waals surface area contributed by atoms with Crippen LogP contribution in [0.1, 0.15) is 43.6 Å². The van der Waals surface area contributed by atoms with Gasteiger partial charge in [-0.05, 0) is 39.2 Å². The molecule has 1 fully saturated rings. The Bertz CT molecular complexity index is 596. The number of aliphatic hydroxyl groups is 1. The van der Waals surface area contributed by atoms with Crippen LogP contribution in [0, 0.1) is 0 Å². The summed E-state index contributed by atoms with van der Waals surface area (Å²) in [4.78, 5) is 15.2. The van der Waals surface area contributed by atoms with Crippen LogP contribution in [0.2, 0.25) is 0 Å². The van der Waals surface area contributed by atoms with Crippen molar-refractivity contribution >= 4 is 19.2 Å². The lowest BCUT2D eigenvalue weighted by molar-refractivity contribution is 0.00578. The molecule has 7 heteroatoms. The van der Waals surface area contributed by atoms with Crippen LogP contribution >= 0.6 is 0 Å². The van der Waals surface area contributed by atoms with E-state index in [0.29, 0.717) is 11.0 Å². The molecule has 0 aliphatic carbocycles. The minimum Gasteiger partial charge on any atom is -0.478 e. The maximum absolute atomic E-state index is 11.2. The molecule has 118 valence electrons. The van der Waals surface area contributed by atoms with Crippen LogP contribution in [0.3, 0.4) is 0 Å². The van der Waals surface area contributed by atoms with Gasteiger partial charge in [-0.25, -0.2) is 4.79 Å². The minimum atomic E-state index is -1.06. The van der Waals surface area contributed by atoms with E-state index in [1.807, 2.05) is 27.7 Å². The van der Waals surface area contributed by atoms with E-state index in [2.05, 4.69) is 4.98 Å². The van der Waals surface area contributed by atoms with Gasteiger partial charge in [0.05, 0.1) is 23.4 Å². The third-order valence-corrected chi connectivity index (χ3v) is 4.16. The fraction of sp³-hybridized carbons (Fsp3) is 0.467.